The maximum absolute atomic E-state index is 5.32. The van der Waals surface area contributed by atoms with E-state index in [1.165, 1.54) is 0 Å². The van der Waals surface area contributed by atoms with Crippen molar-refractivity contribution in [2.45, 2.75) is 0 Å². The fraction of sp³-hybridized carbons (Fsp3) is 0. The molecule has 4 heteroatoms. The smallest absolute Gasteiger partial charge is 0.136 e. The molecule has 0 aliphatic carbocycles. The Morgan fingerprint density at radius 1 is 1.07 bits per heavy atom. The maximum atomic E-state index is 5.32. The molecule has 1 aromatic carbocycles. The van der Waals surface area contributed by atoms with Gasteiger partial charge in [0.2, 0.25) is 0 Å². The first-order valence-corrected chi connectivity index (χ1v) is 4.28. The number of hydrogen-bond donors (Lipinski definition) is 1. The van der Waals surface area contributed by atoms with Gasteiger partial charge in [0.05, 0.1) is 6.26 Å². The van der Waals surface area contributed by atoms with Crippen LogP contribution in [-0.2, 0) is 0 Å². The van der Waals surface area contributed by atoms with Gasteiger partial charge in [-0.1, -0.05) is 6.07 Å². The Hall–Kier alpha value is -2.10. The number of hydrogen-bond acceptors (Lipinski definition) is 3. The molecular formula is C10H7N3O. The summed E-state index contributed by atoms with van der Waals surface area (Å²) in [6, 6.07) is 9.56. The van der Waals surface area contributed by atoms with Gasteiger partial charge in [-0.15, -0.1) is 0 Å². The summed E-state index contributed by atoms with van der Waals surface area (Å²) in [5.74, 6) is 0.810. The normalized spacial score (nSPS) is 10.9. The van der Waals surface area contributed by atoms with Gasteiger partial charge in [-0.2, -0.15) is 15.4 Å². The molecule has 0 saturated carbocycles. The minimum atomic E-state index is 0.810. The van der Waals surface area contributed by atoms with Crippen LogP contribution in [0.5, 0.6) is 0 Å². The van der Waals surface area contributed by atoms with Crippen LogP contribution in [0.3, 0.4) is 0 Å². The van der Waals surface area contributed by atoms with Crippen LogP contribution in [-0.4, -0.2) is 15.4 Å². The van der Waals surface area contributed by atoms with Crippen molar-refractivity contribution in [3.63, 3.8) is 0 Å². The third-order valence-electron chi connectivity index (χ3n) is 2.13. The number of aromatic amines is 1. The molecule has 0 fully saturated rings. The molecule has 14 heavy (non-hydrogen) atoms. The molecule has 3 aromatic rings. The van der Waals surface area contributed by atoms with Crippen LogP contribution in [0.25, 0.3) is 22.4 Å². The molecule has 1 N–H and O–H groups in total. The summed E-state index contributed by atoms with van der Waals surface area (Å²) in [6.45, 7) is 0. The summed E-state index contributed by atoms with van der Waals surface area (Å²) >= 11 is 0. The highest BCUT2D eigenvalue weighted by molar-refractivity contribution is 5.89. The van der Waals surface area contributed by atoms with Crippen LogP contribution in [0.15, 0.2) is 41.0 Å². The highest BCUT2D eigenvalue weighted by Gasteiger charge is 2.07. The third-order valence-corrected chi connectivity index (χ3v) is 2.13. The van der Waals surface area contributed by atoms with Crippen LogP contribution < -0.4 is 0 Å². The van der Waals surface area contributed by atoms with Crippen LogP contribution in [0, 0.1) is 0 Å². The zero-order chi connectivity index (χ0) is 9.38. The second-order valence-electron chi connectivity index (χ2n) is 2.97. The topological polar surface area (TPSA) is 54.7 Å². The Kier molecular flexibility index (Phi) is 1.41. The number of furan rings is 1. The maximum Gasteiger partial charge on any atom is 0.136 e. The summed E-state index contributed by atoms with van der Waals surface area (Å²) in [5.41, 5.74) is 2.64. The third kappa shape index (κ3) is 0.939. The lowest BCUT2D eigenvalue weighted by atomic mass is 10.1. The van der Waals surface area contributed by atoms with Crippen molar-refractivity contribution in [2.75, 3.05) is 0 Å². The lowest BCUT2D eigenvalue weighted by Crippen LogP contribution is -1.77. The predicted octanol–water partition coefficient (Wildman–Crippen LogP) is 2.22. The number of aromatic nitrogens is 3. The molecule has 0 saturated heterocycles. The van der Waals surface area contributed by atoms with Crippen molar-refractivity contribution in [1.29, 1.82) is 0 Å². The number of para-hydroxylation sites is 1. The molecule has 4 nitrogen and oxygen atoms in total. The number of nitrogens with one attached hydrogen (secondary N) is 1. The quantitative estimate of drug-likeness (QED) is 0.632. The molecule has 0 aliphatic heterocycles. The van der Waals surface area contributed by atoms with Gasteiger partial charge < -0.3 is 4.42 Å². The van der Waals surface area contributed by atoms with Crippen LogP contribution in [0.1, 0.15) is 0 Å². The Balaban J connectivity index is 2.36. The molecule has 68 valence electrons. The molecule has 0 bridgehead atoms. The zero-order valence-electron chi connectivity index (χ0n) is 7.27. The summed E-state index contributed by atoms with van der Waals surface area (Å²) in [4.78, 5) is 0. The van der Waals surface area contributed by atoms with Crippen LogP contribution in [0.4, 0.5) is 0 Å². The van der Waals surface area contributed by atoms with Crippen molar-refractivity contribution < 1.29 is 4.42 Å². The van der Waals surface area contributed by atoms with E-state index in [1.54, 1.807) is 6.26 Å². The van der Waals surface area contributed by atoms with Gasteiger partial charge >= 0.3 is 0 Å². The van der Waals surface area contributed by atoms with E-state index in [2.05, 4.69) is 15.4 Å². The molecular weight excluding hydrogens is 178 g/mol. The fourth-order valence-corrected chi connectivity index (χ4v) is 1.50. The van der Waals surface area contributed by atoms with Gasteiger partial charge in [0.1, 0.15) is 16.8 Å². The first-order valence-electron chi connectivity index (χ1n) is 4.28. The van der Waals surface area contributed by atoms with Gasteiger partial charge in [-0.3, -0.25) is 0 Å². The largest absolute Gasteiger partial charge is 0.464 e. The van der Waals surface area contributed by atoms with E-state index in [-0.39, 0.29) is 0 Å². The lowest BCUT2D eigenvalue weighted by Gasteiger charge is -1.95. The van der Waals surface area contributed by atoms with Crippen molar-refractivity contribution >= 4 is 11.0 Å². The van der Waals surface area contributed by atoms with Gasteiger partial charge in [-0.05, 0) is 24.3 Å². The number of nitrogens with zero attached hydrogens (tertiary/aromatic N) is 2. The van der Waals surface area contributed by atoms with E-state index < -0.39 is 0 Å². The molecule has 2 aromatic heterocycles. The average Bonchev–Trinajstić information content (AvgIpc) is 2.88. The van der Waals surface area contributed by atoms with Crippen LogP contribution in [0.2, 0.25) is 0 Å². The predicted molar refractivity (Wildman–Crippen MR) is 51.6 cm³/mol. The number of fused-ring (bicyclic) bond motifs is 1. The van der Waals surface area contributed by atoms with Crippen molar-refractivity contribution in [3.05, 3.63) is 36.6 Å². The fourth-order valence-electron chi connectivity index (χ4n) is 1.50. The highest BCUT2D eigenvalue weighted by atomic mass is 16.3. The Morgan fingerprint density at radius 3 is 2.93 bits per heavy atom. The second-order valence-corrected chi connectivity index (χ2v) is 2.97. The summed E-state index contributed by atoms with van der Waals surface area (Å²) in [6.07, 6.45) is 1.65. The van der Waals surface area contributed by atoms with E-state index in [4.69, 9.17) is 4.42 Å². The Morgan fingerprint density at radius 2 is 2.07 bits per heavy atom. The minimum Gasteiger partial charge on any atom is -0.464 e. The molecule has 3 rings (SSSR count). The number of rotatable bonds is 1. The van der Waals surface area contributed by atoms with Gasteiger partial charge in [0, 0.05) is 5.56 Å². The summed E-state index contributed by atoms with van der Waals surface area (Å²) in [5, 5.41) is 10.7. The van der Waals surface area contributed by atoms with Gasteiger partial charge in [0.15, 0.2) is 0 Å². The molecule has 0 unspecified atom stereocenters. The van der Waals surface area contributed by atoms with Crippen molar-refractivity contribution in [2.24, 2.45) is 0 Å². The van der Waals surface area contributed by atoms with Crippen molar-refractivity contribution in [1.82, 2.24) is 15.4 Å². The number of benzene rings is 1. The first kappa shape index (κ1) is 7.32. The Labute approximate surface area is 79.5 Å². The standard InChI is InChI=1S/C10H7N3O/c1-3-7(9-5-2-6-14-9)10-8(4-1)11-13-12-10/h1-6H,(H,11,12,13). The van der Waals surface area contributed by atoms with E-state index in [0.29, 0.717) is 0 Å². The highest BCUT2D eigenvalue weighted by Crippen LogP contribution is 2.25. The van der Waals surface area contributed by atoms with Crippen molar-refractivity contribution in [3.8, 4) is 11.3 Å². The molecule has 0 aliphatic rings. The Bertz CT molecular complexity index is 554. The zero-order valence-corrected chi connectivity index (χ0v) is 7.27. The second kappa shape index (κ2) is 2.70. The molecule has 0 spiro atoms. The summed E-state index contributed by atoms with van der Waals surface area (Å²) < 4.78 is 5.32. The number of H-pyrrole nitrogens is 1. The molecule has 0 atom stereocenters. The first-order chi connectivity index (χ1) is 6.95. The molecule has 0 radical (unpaired) electrons. The lowest BCUT2D eigenvalue weighted by molar-refractivity contribution is 0.583. The van der Waals surface area contributed by atoms with Gasteiger partial charge in [0.25, 0.3) is 0 Å². The SMILES string of the molecule is c1coc(-c2cccc3n[nH]nc23)c1. The van der Waals surface area contributed by atoms with E-state index >= 15 is 0 Å². The monoisotopic (exact) mass is 185 g/mol. The minimum absolute atomic E-state index is 0.810. The van der Waals surface area contributed by atoms with E-state index in [9.17, 15) is 0 Å². The van der Waals surface area contributed by atoms with Crippen LogP contribution >= 0.6 is 0 Å². The molecule has 2 heterocycles. The summed E-state index contributed by atoms with van der Waals surface area (Å²) in [7, 11) is 0. The average molecular weight is 185 g/mol. The van der Waals surface area contributed by atoms with Gasteiger partial charge in [-0.25, -0.2) is 0 Å². The van der Waals surface area contributed by atoms with E-state index in [0.717, 1.165) is 22.4 Å². The van der Waals surface area contributed by atoms with E-state index in [1.807, 2.05) is 30.3 Å². The molecule has 0 amide bonds.